The van der Waals surface area contributed by atoms with Crippen LogP contribution in [-0.2, 0) is 6.42 Å². The van der Waals surface area contributed by atoms with Gasteiger partial charge in [-0.05, 0) is 44.7 Å². The maximum absolute atomic E-state index is 12.3. The van der Waals surface area contributed by atoms with Gasteiger partial charge in [0, 0.05) is 31.2 Å². The van der Waals surface area contributed by atoms with Crippen LogP contribution in [0.15, 0.2) is 36.7 Å². The molecule has 0 atom stereocenters. The molecule has 0 aliphatic carbocycles. The van der Waals surface area contributed by atoms with E-state index in [-0.39, 0.29) is 6.03 Å². The van der Waals surface area contributed by atoms with E-state index in [0.717, 1.165) is 43.9 Å². The molecule has 1 saturated heterocycles. The van der Waals surface area contributed by atoms with E-state index in [1.165, 1.54) is 0 Å². The van der Waals surface area contributed by atoms with E-state index in [1.807, 2.05) is 41.6 Å². The minimum absolute atomic E-state index is 0.00926. The van der Waals surface area contributed by atoms with E-state index in [2.05, 4.69) is 33.9 Å². The SMILES string of the molecule is CC(C)n1cnnc1CC1CCN(C(=O)Nc2ccccc2)CC1. The molecule has 1 fully saturated rings. The molecular formula is C18H25N5O. The van der Waals surface area contributed by atoms with Crippen LogP contribution < -0.4 is 5.32 Å². The van der Waals surface area contributed by atoms with Gasteiger partial charge in [0.1, 0.15) is 12.2 Å². The quantitative estimate of drug-likeness (QED) is 0.936. The molecule has 0 bridgehead atoms. The van der Waals surface area contributed by atoms with E-state index in [4.69, 9.17) is 0 Å². The molecule has 2 amide bonds. The van der Waals surface area contributed by atoms with Crippen molar-refractivity contribution >= 4 is 11.7 Å². The van der Waals surface area contributed by atoms with E-state index < -0.39 is 0 Å². The second-order valence-corrected chi connectivity index (χ2v) is 6.68. The maximum Gasteiger partial charge on any atom is 0.321 e. The number of amides is 2. The summed E-state index contributed by atoms with van der Waals surface area (Å²) in [7, 11) is 0. The van der Waals surface area contributed by atoms with Crippen molar-refractivity contribution in [1.29, 1.82) is 0 Å². The molecule has 128 valence electrons. The molecule has 2 aromatic rings. The maximum atomic E-state index is 12.3. The molecule has 1 N–H and O–H groups in total. The van der Waals surface area contributed by atoms with Crippen molar-refractivity contribution in [2.75, 3.05) is 18.4 Å². The largest absolute Gasteiger partial charge is 0.325 e. The molecule has 0 spiro atoms. The van der Waals surface area contributed by atoms with Gasteiger partial charge in [-0.3, -0.25) is 0 Å². The number of hydrogen-bond donors (Lipinski definition) is 1. The van der Waals surface area contributed by atoms with E-state index >= 15 is 0 Å². The van der Waals surface area contributed by atoms with Crippen LogP contribution in [0.4, 0.5) is 10.5 Å². The number of anilines is 1. The zero-order valence-corrected chi connectivity index (χ0v) is 14.4. The number of nitrogens with zero attached hydrogens (tertiary/aromatic N) is 4. The van der Waals surface area contributed by atoms with Gasteiger partial charge in [-0.25, -0.2) is 4.79 Å². The van der Waals surface area contributed by atoms with Gasteiger partial charge < -0.3 is 14.8 Å². The fraction of sp³-hybridized carbons (Fsp3) is 0.500. The third-order valence-electron chi connectivity index (χ3n) is 4.60. The molecule has 3 rings (SSSR count). The Labute approximate surface area is 142 Å². The Morgan fingerprint density at radius 1 is 1.25 bits per heavy atom. The Kier molecular flexibility index (Phi) is 5.13. The van der Waals surface area contributed by atoms with E-state index in [1.54, 1.807) is 0 Å². The number of rotatable bonds is 4. The second-order valence-electron chi connectivity index (χ2n) is 6.68. The summed E-state index contributed by atoms with van der Waals surface area (Å²) in [6.07, 6.45) is 4.76. The first-order valence-electron chi connectivity index (χ1n) is 8.63. The molecule has 6 heteroatoms. The Balaban J connectivity index is 1.50. The number of carbonyl (C=O) groups excluding carboxylic acids is 1. The van der Waals surface area contributed by atoms with Gasteiger partial charge in [0.2, 0.25) is 0 Å². The lowest BCUT2D eigenvalue weighted by Crippen LogP contribution is -2.41. The summed E-state index contributed by atoms with van der Waals surface area (Å²) in [5, 5.41) is 11.3. The third-order valence-corrected chi connectivity index (χ3v) is 4.60. The minimum Gasteiger partial charge on any atom is -0.325 e. The number of likely N-dealkylation sites (tertiary alicyclic amines) is 1. The molecule has 0 unspecified atom stereocenters. The summed E-state index contributed by atoms with van der Waals surface area (Å²) in [5.74, 6) is 1.62. The van der Waals surface area contributed by atoms with Gasteiger partial charge in [-0.15, -0.1) is 10.2 Å². The molecule has 24 heavy (non-hydrogen) atoms. The zero-order valence-electron chi connectivity index (χ0n) is 14.4. The molecule has 0 saturated carbocycles. The van der Waals surface area contributed by atoms with Crippen LogP contribution in [0.5, 0.6) is 0 Å². The standard InChI is InChI=1S/C18H25N5O/c1-14(2)23-13-19-21-17(23)12-15-8-10-22(11-9-15)18(24)20-16-6-4-3-5-7-16/h3-7,13-15H,8-12H2,1-2H3,(H,20,24). The van der Waals surface area contributed by atoms with Gasteiger partial charge in [-0.2, -0.15) is 0 Å². The fourth-order valence-corrected chi connectivity index (χ4v) is 3.17. The number of carbonyl (C=O) groups is 1. The average molecular weight is 327 g/mol. The number of piperidine rings is 1. The Morgan fingerprint density at radius 2 is 1.96 bits per heavy atom. The molecular weight excluding hydrogens is 302 g/mol. The monoisotopic (exact) mass is 327 g/mol. The summed E-state index contributed by atoms with van der Waals surface area (Å²) in [5.41, 5.74) is 0.842. The van der Waals surface area contributed by atoms with Crippen LogP contribution in [0.2, 0.25) is 0 Å². The number of benzene rings is 1. The molecule has 1 aliphatic rings. The average Bonchev–Trinajstić information content (AvgIpc) is 3.05. The highest BCUT2D eigenvalue weighted by molar-refractivity contribution is 5.89. The van der Waals surface area contributed by atoms with E-state index in [9.17, 15) is 4.79 Å². The number of nitrogens with one attached hydrogen (secondary N) is 1. The summed E-state index contributed by atoms with van der Waals surface area (Å²) in [4.78, 5) is 14.2. The summed E-state index contributed by atoms with van der Waals surface area (Å²) in [6, 6.07) is 9.97. The lowest BCUT2D eigenvalue weighted by molar-refractivity contribution is 0.181. The number of hydrogen-bond acceptors (Lipinski definition) is 3. The number of aromatic nitrogens is 3. The minimum atomic E-state index is -0.00926. The van der Waals surface area contributed by atoms with Gasteiger partial charge in [0.05, 0.1) is 0 Å². The van der Waals surface area contributed by atoms with Gasteiger partial charge in [0.25, 0.3) is 0 Å². The molecule has 6 nitrogen and oxygen atoms in total. The molecule has 0 radical (unpaired) electrons. The van der Waals surface area contributed by atoms with Crippen LogP contribution >= 0.6 is 0 Å². The topological polar surface area (TPSA) is 63.1 Å². The Bertz CT molecular complexity index is 659. The smallest absolute Gasteiger partial charge is 0.321 e. The summed E-state index contributed by atoms with van der Waals surface area (Å²) in [6.45, 7) is 5.87. The predicted molar refractivity (Wildman–Crippen MR) is 93.9 cm³/mol. The van der Waals surface area contributed by atoms with Crippen LogP contribution in [0.1, 0.15) is 38.6 Å². The summed E-state index contributed by atoms with van der Waals surface area (Å²) >= 11 is 0. The van der Waals surface area contributed by atoms with Gasteiger partial charge >= 0.3 is 6.03 Å². The van der Waals surface area contributed by atoms with Gasteiger partial charge in [-0.1, -0.05) is 18.2 Å². The first-order chi connectivity index (χ1) is 11.6. The Morgan fingerprint density at radius 3 is 2.62 bits per heavy atom. The Hall–Kier alpha value is -2.37. The van der Waals surface area contributed by atoms with Crippen LogP contribution in [0.3, 0.4) is 0 Å². The molecule has 2 heterocycles. The first kappa shape index (κ1) is 16.5. The van der Waals surface area contributed by atoms with Crippen LogP contribution in [0, 0.1) is 5.92 Å². The van der Waals surface area contributed by atoms with Crippen molar-refractivity contribution in [2.45, 2.75) is 39.2 Å². The van der Waals surface area contributed by atoms with Crippen molar-refractivity contribution in [3.63, 3.8) is 0 Å². The summed E-state index contributed by atoms with van der Waals surface area (Å²) < 4.78 is 2.13. The zero-order chi connectivity index (χ0) is 16.9. The van der Waals surface area contributed by atoms with Crippen molar-refractivity contribution < 1.29 is 4.79 Å². The first-order valence-corrected chi connectivity index (χ1v) is 8.63. The normalized spacial score (nSPS) is 15.7. The number of para-hydroxylation sites is 1. The third kappa shape index (κ3) is 3.93. The number of urea groups is 1. The second kappa shape index (κ2) is 7.47. The fourth-order valence-electron chi connectivity index (χ4n) is 3.17. The van der Waals surface area contributed by atoms with Crippen molar-refractivity contribution in [2.24, 2.45) is 5.92 Å². The van der Waals surface area contributed by atoms with Crippen molar-refractivity contribution in [3.8, 4) is 0 Å². The molecule has 1 aromatic carbocycles. The highest BCUT2D eigenvalue weighted by Crippen LogP contribution is 2.22. The van der Waals surface area contributed by atoms with Gasteiger partial charge in [0.15, 0.2) is 0 Å². The van der Waals surface area contributed by atoms with Crippen LogP contribution in [-0.4, -0.2) is 38.8 Å². The predicted octanol–water partition coefficient (Wildman–Crippen LogP) is 3.35. The molecule has 1 aromatic heterocycles. The van der Waals surface area contributed by atoms with Crippen molar-refractivity contribution in [3.05, 3.63) is 42.5 Å². The lowest BCUT2D eigenvalue weighted by atomic mass is 9.93. The van der Waals surface area contributed by atoms with Crippen LogP contribution in [0.25, 0.3) is 0 Å². The highest BCUT2D eigenvalue weighted by atomic mass is 16.2. The van der Waals surface area contributed by atoms with E-state index in [0.29, 0.717) is 12.0 Å². The van der Waals surface area contributed by atoms with Crippen molar-refractivity contribution in [1.82, 2.24) is 19.7 Å². The molecule has 1 aliphatic heterocycles. The highest BCUT2D eigenvalue weighted by Gasteiger charge is 2.24. The lowest BCUT2D eigenvalue weighted by Gasteiger charge is -2.32.